The van der Waals surface area contributed by atoms with Crippen molar-refractivity contribution in [1.82, 2.24) is 15.3 Å². The predicted molar refractivity (Wildman–Crippen MR) is 70.7 cm³/mol. The van der Waals surface area contributed by atoms with Crippen LogP contribution in [0.25, 0.3) is 0 Å². The summed E-state index contributed by atoms with van der Waals surface area (Å²) >= 11 is 0. The molecule has 1 heterocycles. The molecule has 0 aliphatic heterocycles. The van der Waals surface area contributed by atoms with Crippen LogP contribution in [-0.2, 0) is 0 Å². The normalized spacial score (nSPS) is 12.2. The van der Waals surface area contributed by atoms with Crippen molar-refractivity contribution >= 4 is 0 Å². The van der Waals surface area contributed by atoms with Crippen molar-refractivity contribution in [2.45, 2.75) is 13.0 Å². The molecule has 0 spiro atoms. The molecule has 0 radical (unpaired) electrons. The van der Waals surface area contributed by atoms with Gasteiger partial charge in [0.15, 0.2) is 0 Å². The lowest BCUT2D eigenvalue weighted by Crippen LogP contribution is -2.19. The van der Waals surface area contributed by atoms with E-state index in [-0.39, 0.29) is 6.04 Å². The maximum absolute atomic E-state index is 5.24. The fourth-order valence-corrected chi connectivity index (χ4v) is 1.86. The predicted octanol–water partition coefficient (Wildman–Crippen LogP) is 2.10. The number of aromatic nitrogens is 2. The zero-order chi connectivity index (χ0) is 13.0. The maximum Gasteiger partial charge on any atom is 0.119 e. The first-order valence-corrected chi connectivity index (χ1v) is 5.84. The maximum atomic E-state index is 5.24. The van der Waals surface area contributed by atoms with Crippen LogP contribution in [-0.4, -0.2) is 24.1 Å². The van der Waals surface area contributed by atoms with Crippen LogP contribution in [0.1, 0.15) is 23.0 Å². The molecule has 0 bridgehead atoms. The molecule has 0 fully saturated rings. The van der Waals surface area contributed by atoms with Crippen molar-refractivity contribution in [3.63, 3.8) is 0 Å². The number of hydrogen-bond donors (Lipinski definition) is 1. The van der Waals surface area contributed by atoms with Crippen LogP contribution in [0.15, 0.2) is 36.7 Å². The Morgan fingerprint density at radius 1 is 1.22 bits per heavy atom. The van der Waals surface area contributed by atoms with Crippen LogP contribution in [0.2, 0.25) is 0 Å². The highest BCUT2D eigenvalue weighted by atomic mass is 16.5. The smallest absolute Gasteiger partial charge is 0.119 e. The third-order valence-electron chi connectivity index (χ3n) is 2.81. The molecule has 18 heavy (non-hydrogen) atoms. The summed E-state index contributed by atoms with van der Waals surface area (Å²) in [5.41, 5.74) is 2.92. The van der Waals surface area contributed by atoms with Gasteiger partial charge in [-0.2, -0.15) is 0 Å². The van der Waals surface area contributed by atoms with Crippen LogP contribution in [0.5, 0.6) is 5.75 Å². The molecule has 1 aromatic carbocycles. The van der Waals surface area contributed by atoms with E-state index in [9.17, 15) is 0 Å². The third-order valence-corrected chi connectivity index (χ3v) is 2.81. The van der Waals surface area contributed by atoms with Gasteiger partial charge < -0.3 is 10.1 Å². The summed E-state index contributed by atoms with van der Waals surface area (Å²) in [4.78, 5) is 8.70. The van der Waals surface area contributed by atoms with E-state index in [1.54, 1.807) is 19.5 Å². The van der Waals surface area contributed by atoms with Gasteiger partial charge in [0.25, 0.3) is 0 Å². The summed E-state index contributed by atoms with van der Waals surface area (Å²) in [6.45, 7) is 1.93. The number of nitrogens with one attached hydrogen (secondary N) is 1. The minimum Gasteiger partial charge on any atom is -0.497 e. The number of aryl methyl sites for hydroxylation is 1. The van der Waals surface area contributed by atoms with E-state index in [1.165, 1.54) is 0 Å². The molecule has 0 saturated heterocycles. The van der Waals surface area contributed by atoms with Gasteiger partial charge in [0.2, 0.25) is 0 Å². The molecule has 94 valence electrons. The fourth-order valence-electron chi connectivity index (χ4n) is 1.86. The Labute approximate surface area is 107 Å². The minimum absolute atomic E-state index is 0.0215. The van der Waals surface area contributed by atoms with Gasteiger partial charge in [-0.05, 0) is 31.7 Å². The summed E-state index contributed by atoms with van der Waals surface area (Å²) in [6, 6.07) is 7.97. The molecule has 2 aromatic rings. The highest BCUT2D eigenvalue weighted by Crippen LogP contribution is 2.23. The molecule has 1 atom stereocenters. The Hall–Kier alpha value is -1.94. The quantitative estimate of drug-likeness (QED) is 0.893. The van der Waals surface area contributed by atoms with Gasteiger partial charge in [-0.3, -0.25) is 9.97 Å². The zero-order valence-electron chi connectivity index (χ0n) is 10.8. The Morgan fingerprint density at radius 2 is 2.06 bits per heavy atom. The summed E-state index contributed by atoms with van der Waals surface area (Å²) < 4.78 is 5.24. The van der Waals surface area contributed by atoms with Gasteiger partial charge in [-0.25, -0.2) is 0 Å². The number of benzene rings is 1. The lowest BCUT2D eigenvalue weighted by atomic mass is 10.0. The molecule has 4 nitrogen and oxygen atoms in total. The topological polar surface area (TPSA) is 47.0 Å². The summed E-state index contributed by atoms with van der Waals surface area (Å²) in [5, 5.41) is 3.25. The molecule has 0 saturated carbocycles. The zero-order valence-corrected chi connectivity index (χ0v) is 10.8. The van der Waals surface area contributed by atoms with Gasteiger partial charge in [-0.15, -0.1) is 0 Å². The number of hydrogen-bond acceptors (Lipinski definition) is 4. The Balaban J connectivity index is 2.35. The Kier molecular flexibility index (Phi) is 3.89. The molecule has 1 N–H and O–H groups in total. The molecular formula is C14H17N3O. The van der Waals surface area contributed by atoms with E-state index >= 15 is 0 Å². The van der Waals surface area contributed by atoms with Crippen LogP contribution in [0.4, 0.5) is 0 Å². The molecule has 2 rings (SSSR count). The van der Waals surface area contributed by atoms with E-state index in [4.69, 9.17) is 4.74 Å². The van der Waals surface area contributed by atoms with Gasteiger partial charge in [-0.1, -0.05) is 12.1 Å². The van der Waals surface area contributed by atoms with Gasteiger partial charge >= 0.3 is 0 Å². The lowest BCUT2D eigenvalue weighted by Gasteiger charge is -2.16. The first kappa shape index (κ1) is 12.5. The average molecular weight is 243 g/mol. The van der Waals surface area contributed by atoms with Crippen LogP contribution < -0.4 is 10.1 Å². The fraction of sp³-hybridized carbons (Fsp3) is 0.286. The Morgan fingerprint density at radius 3 is 2.67 bits per heavy atom. The van der Waals surface area contributed by atoms with Crippen molar-refractivity contribution in [3.8, 4) is 5.75 Å². The van der Waals surface area contributed by atoms with E-state index < -0.39 is 0 Å². The largest absolute Gasteiger partial charge is 0.497 e. The Bertz CT molecular complexity index is 511. The van der Waals surface area contributed by atoms with Crippen molar-refractivity contribution < 1.29 is 4.74 Å². The van der Waals surface area contributed by atoms with Gasteiger partial charge in [0.05, 0.1) is 30.7 Å². The first-order valence-electron chi connectivity index (χ1n) is 5.84. The van der Waals surface area contributed by atoms with Crippen molar-refractivity contribution in [1.29, 1.82) is 0 Å². The molecule has 0 aliphatic carbocycles. The van der Waals surface area contributed by atoms with E-state index in [0.29, 0.717) is 0 Å². The molecule has 0 amide bonds. The van der Waals surface area contributed by atoms with Crippen molar-refractivity contribution in [3.05, 3.63) is 53.6 Å². The monoisotopic (exact) mass is 243 g/mol. The van der Waals surface area contributed by atoms with Gasteiger partial charge in [0, 0.05) is 6.20 Å². The highest BCUT2D eigenvalue weighted by Gasteiger charge is 2.14. The standard InChI is InChI=1S/C14H17N3O/c1-10-8-17-13(9-16-10)14(15-2)11-5-4-6-12(7-11)18-3/h4-9,14-15H,1-3H3. The van der Waals surface area contributed by atoms with E-state index in [0.717, 1.165) is 22.7 Å². The van der Waals surface area contributed by atoms with Crippen LogP contribution in [0.3, 0.4) is 0 Å². The summed E-state index contributed by atoms with van der Waals surface area (Å²) in [5.74, 6) is 0.841. The highest BCUT2D eigenvalue weighted by molar-refractivity contribution is 5.34. The van der Waals surface area contributed by atoms with Crippen molar-refractivity contribution in [2.75, 3.05) is 14.2 Å². The molecular weight excluding hydrogens is 226 g/mol. The number of methoxy groups -OCH3 is 1. The number of nitrogens with zero attached hydrogens (tertiary/aromatic N) is 2. The summed E-state index contributed by atoms with van der Waals surface area (Å²) in [6.07, 6.45) is 3.58. The van der Waals surface area contributed by atoms with Gasteiger partial charge in [0.1, 0.15) is 5.75 Å². The average Bonchev–Trinajstić information content (AvgIpc) is 2.42. The number of rotatable bonds is 4. The van der Waals surface area contributed by atoms with E-state index in [1.807, 2.05) is 38.2 Å². The third kappa shape index (κ3) is 2.65. The number of ether oxygens (including phenoxy) is 1. The molecule has 1 unspecified atom stereocenters. The second kappa shape index (κ2) is 5.60. The molecule has 4 heteroatoms. The van der Waals surface area contributed by atoms with Crippen LogP contribution in [0, 0.1) is 6.92 Å². The second-order valence-corrected chi connectivity index (χ2v) is 4.08. The SMILES string of the molecule is CNC(c1cccc(OC)c1)c1cnc(C)cn1. The first-order chi connectivity index (χ1) is 8.74. The van der Waals surface area contributed by atoms with E-state index in [2.05, 4.69) is 15.3 Å². The van der Waals surface area contributed by atoms with Crippen molar-refractivity contribution in [2.24, 2.45) is 0 Å². The summed E-state index contributed by atoms with van der Waals surface area (Å²) in [7, 11) is 3.57. The minimum atomic E-state index is 0.0215. The second-order valence-electron chi connectivity index (χ2n) is 4.08. The lowest BCUT2D eigenvalue weighted by molar-refractivity contribution is 0.413. The molecule has 1 aromatic heterocycles. The van der Waals surface area contributed by atoms with Crippen LogP contribution >= 0.6 is 0 Å². The molecule has 0 aliphatic rings.